The SMILES string of the molecule is CN(C(=O)CC1CCOCC1)C1CCNC1.Cl. The van der Waals surface area contributed by atoms with Gasteiger partial charge in [-0.3, -0.25) is 4.79 Å². The van der Waals surface area contributed by atoms with Gasteiger partial charge in [0.2, 0.25) is 5.91 Å². The first-order chi connectivity index (χ1) is 7.77. The number of amides is 1. The molecular formula is C12H23ClN2O2. The third-order valence-corrected chi connectivity index (χ3v) is 3.78. The van der Waals surface area contributed by atoms with Crippen LogP contribution in [0, 0.1) is 5.92 Å². The molecule has 0 bridgehead atoms. The minimum atomic E-state index is 0. The Kier molecular flexibility index (Phi) is 6.23. The van der Waals surface area contributed by atoms with Gasteiger partial charge in [-0.2, -0.15) is 0 Å². The third kappa shape index (κ3) is 4.12. The van der Waals surface area contributed by atoms with Crippen molar-refractivity contribution in [1.29, 1.82) is 0 Å². The summed E-state index contributed by atoms with van der Waals surface area (Å²) in [6.45, 7) is 3.65. The van der Waals surface area contributed by atoms with Crippen LogP contribution in [0.25, 0.3) is 0 Å². The van der Waals surface area contributed by atoms with Crippen molar-refractivity contribution >= 4 is 18.3 Å². The molecule has 2 rings (SSSR count). The van der Waals surface area contributed by atoms with E-state index in [2.05, 4.69) is 5.32 Å². The second-order valence-electron chi connectivity index (χ2n) is 4.91. The monoisotopic (exact) mass is 262 g/mol. The van der Waals surface area contributed by atoms with Crippen LogP contribution in [0.5, 0.6) is 0 Å². The lowest BCUT2D eigenvalue weighted by Crippen LogP contribution is -2.39. The van der Waals surface area contributed by atoms with Gasteiger partial charge in [0.25, 0.3) is 0 Å². The molecule has 0 aliphatic carbocycles. The van der Waals surface area contributed by atoms with Crippen LogP contribution in [0.4, 0.5) is 0 Å². The Balaban J connectivity index is 0.00000144. The highest BCUT2D eigenvalue weighted by atomic mass is 35.5. The lowest BCUT2D eigenvalue weighted by molar-refractivity contribution is -0.133. The van der Waals surface area contributed by atoms with E-state index < -0.39 is 0 Å². The molecule has 2 aliphatic heterocycles. The predicted octanol–water partition coefficient (Wildman–Crippen LogP) is 1.05. The van der Waals surface area contributed by atoms with Gasteiger partial charge in [-0.05, 0) is 31.7 Å². The van der Waals surface area contributed by atoms with E-state index in [-0.39, 0.29) is 12.4 Å². The minimum Gasteiger partial charge on any atom is -0.381 e. The maximum atomic E-state index is 12.1. The highest BCUT2D eigenvalue weighted by Gasteiger charge is 2.25. The molecule has 0 aromatic rings. The standard InChI is InChI=1S/C12H22N2O2.ClH/c1-14(11-2-5-13-9-11)12(15)8-10-3-6-16-7-4-10;/h10-11,13H,2-9H2,1H3;1H. The molecule has 100 valence electrons. The lowest BCUT2D eigenvalue weighted by Gasteiger charge is -2.27. The first kappa shape index (κ1) is 14.7. The van der Waals surface area contributed by atoms with Gasteiger partial charge in [0, 0.05) is 39.3 Å². The number of carbonyl (C=O) groups excluding carboxylic acids is 1. The maximum absolute atomic E-state index is 12.1. The summed E-state index contributed by atoms with van der Waals surface area (Å²) in [6, 6.07) is 0.410. The molecule has 2 fully saturated rings. The van der Waals surface area contributed by atoms with E-state index in [0.29, 0.717) is 24.3 Å². The van der Waals surface area contributed by atoms with E-state index in [0.717, 1.165) is 45.6 Å². The highest BCUT2D eigenvalue weighted by molar-refractivity contribution is 5.85. The van der Waals surface area contributed by atoms with E-state index in [1.54, 1.807) is 0 Å². The van der Waals surface area contributed by atoms with Crippen LogP contribution in [0.3, 0.4) is 0 Å². The number of ether oxygens (including phenoxy) is 1. The number of hydrogen-bond acceptors (Lipinski definition) is 3. The van der Waals surface area contributed by atoms with Crippen LogP contribution in [-0.2, 0) is 9.53 Å². The zero-order valence-corrected chi connectivity index (χ0v) is 11.3. The Labute approximate surface area is 109 Å². The molecule has 1 atom stereocenters. The first-order valence-electron chi connectivity index (χ1n) is 6.31. The molecule has 1 unspecified atom stereocenters. The molecule has 0 saturated carbocycles. The molecule has 1 amide bonds. The largest absolute Gasteiger partial charge is 0.381 e. The summed E-state index contributed by atoms with van der Waals surface area (Å²) in [7, 11) is 1.94. The van der Waals surface area contributed by atoms with Gasteiger partial charge >= 0.3 is 0 Å². The van der Waals surface area contributed by atoms with Gasteiger partial charge in [-0.15, -0.1) is 12.4 Å². The van der Waals surface area contributed by atoms with Crippen molar-refractivity contribution in [3.05, 3.63) is 0 Å². The molecule has 4 nitrogen and oxygen atoms in total. The van der Waals surface area contributed by atoms with E-state index in [1.165, 1.54) is 0 Å². The average Bonchev–Trinajstić information content (AvgIpc) is 2.83. The van der Waals surface area contributed by atoms with Gasteiger partial charge in [0.1, 0.15) is 0 Å². The Morgan fingerprint density at radius 3 is 2.65 bits per heavy atom. The fourth-order valence-electron chi connectivity index (χ4n) is 2.52. The molecule has 17 heavy (non-hydrogen) atoms. The summed E-state index contributed by atoms with van der Waals surface area (Å²) < 4.78 is 5.31. The van der Waals surface area contributed by atoms with Crippen LogP contribution in [-0.4, -0.2) is 50.2 Å². The second-order valence-corrected chi connectivity index (χ2v) is 4.91. The molecule has 2 saturated heterocycles. The zero-order chi connectivity index (χ0) is 11.4. The Morgan fingerprint density at radius 2 is 2.06 bits per heavy atom. The fourth-order valence-corrected chi connectivity index (χ4v) is 2.52. The first-order valence-corrected chi connectivity index (χ1v) is 6.31. The van der Waals surface area contributed by atoms with Gasteiger partial charge in [-0.1, -0.05) is 0 Å². The van der Waals surface area contributed by atoms with Crippen LogP contribution in [0.2, 0.25) is 0 Å². The van der Waals surface area contributed by atoms with E-state index in [1.807, 2.05) is 11.9 Å². The summed E-state index contributed by atoms with van der Waals surface area (Å²) in [5.41, 5.74) is 0. The van der Waals surface area contributed by atoms with Crippen molar-refractivity contribution in [2.45, 2.75) is 31.7 Å². The van der Waals surface area contributed by atoms with Crippen molar-refractivity contribution in [2.24, 2.45) is 5.92 Å². The summed E-state index contributed by atoms with van der Waals surface area (Å²) in [5, 5.41) is 3.30. The number of rotatable bonds is 3. The molecule has 0 spiro atoms. The van der Waals surface area contributed by atoms with Gasteiger partial charge in [-0.25, -0.2) is 0 Å². The normalized spacial score (nSPS) is 25.4. The van der Waals surface area contributed by atoms with Gasteiger partial charge in [0.15, 0.2) is 0 Å². The highest BCUT2D eigenvalue weighted by Crippen LogP contribution is 2.20. The van der Waals surface area contributed by atoms with Crippen molar-refractivity contribution < 1.29 is 9.53 Å². The Bertz CT molecular complexity index is 239. The van der Waals surface area contributed by atoms with Gasteiger partial charge < -0.3 is 15.0 Å². The van der Waals surface area contributed by atoms with Crippen LogP contribution in [0.1, 0.15) is 25.7 Å². The number of likely N-dealkylation sites (N-methyl/N-ethyl adjacent to an activating group) is 1. The molecule has 0 aromatic heterocycles. The smallest absolute Gasteiger partial charge is 0.222 e. The summed E-state index contributed by atoms with van der Waals surface area (Å²) in [5.74, 6) is 0.846. The third-order valence-electron chi connectivity index (χ3n) is 3.78. The summed E-state index contributed by atoms with van der Waals surface area (Å²) in [6.07, 6.45) is 3.89. The molecule has 2 aliphatic rings. The number of hydrogen-bond donors (Lipinski definition) is 1. The van der Waals surface area contributed by atoms with Crippen molar-refractivity contribution in [3.8, 4) is 0 Å². The molecular weight excluding hydrogens is 240 g/mol. The van der Waals surface area contributed by atoms with Crippen LogP contribution >= 0.6 is 12.4 Å². The maximum Gasteiger partial charge on any atom is 0.222 e. The average molecular weight is 263 g/mol. The molecule has 5 heteroatoms. The quantitative estimate of drug-likeness (QED) is 0.827. The molecule has 0 aromatic carbocycles. The van der Waals surface area contributed by atoms with Crippen LogP contribution in [0.15, 0.2) is 0 Å². The molecule has 0 radical (unpaired) electrons. The van der Waals surface area contributed by atoms with Crippen molar-refractivity contribution in [1.82, 2.24) is 10.2 Å². The second kappa shape index (κ2) is 7.19. The lowest BCUT2D eigenvalue weighted by atomic mass is 9.96. The summed E-state index contributed by atoms with van der Waals surface area (Å²) in [4.78, 5) is 14.0. The molecule has 2 heterocycles. The topological polar surface area (TPSA) is 41.6 Å². The number of nitrogens with zero attached hydrogens (tertiary/aromatic N) is 1. The number of halogens is 1. The number of nitrogens with one attached hydrogen (secondary N) is 1. The minimum absolute atomic E-state index is 0. The zero-order valence-electron chi connectivity index (χ0n) is 10.5. The van der Waals surface area contributed by atoms with Crippen LogP contribution < -0.4 is 5.32 Å². The molecule has 1 N–H and O–H groups in total. The van der Waals surface area contributed by atoms with E-state index in [9.17, 15) is 4.79 Å². The number of carbonyl (C=O) groups is 1. The Morgan fingerprint density at radius 1 is 1.35 bits per heavy atom. The van der Waals surface area contributed by atoms with Crippen molar-refractivity contribution in [2.75, 3.05) is 33.4 Å². The fraction of sp³-hybridized carbons (Fsp3) is 0.917. The predicted molar refractivity (Wildman–Crippen MR) is 69.5 cm³/mol. The van der Waals surface area contributed by atoms with Gasteiger partial charge in [0.05, 0.1) is 0 Å². The Hall–Kier alpha value is -0.320. The van der Waals surface area contributed by atoms with E-state index in [4.69, 9.17) is 4.74 Å². The van der Waals surface area contributed by atoms with E-state index >= 15 is 0 Å². The van der Waals surface area contributed by atoms with Crippen molar-refractivity contribution in [3.63, 3.8) is 0 Å². The summed E-state index contributed by atoms with van der Waals surface area (Å²) >= 11 is 0.